The molecule has 0 fully saturated rings. The van der Waals surface area contributed by atoms with E-state index in [0.717, 1.165) is 38.6 Å². The molecular weight excluding hydrogens is 441 g/mol. The summed E-state index contributed by atoms with van der Waals surface area (Å²) < 4.78 is 10.4. The number of halogens is 1. The monoisotopic (exact) mass is 477 g/mol. The Bertz CT molecular complexity index is 469. The molecule has 5 nitrogen and oxygen atoms in total. The number of benzene rings is 1. The van der Waals surface area contributed by atoms with Crippen LogP contribution in [0.5, 0.6) is 0 Å². The standard InChI is InChI=1S/C20H35N3O2.HI/c1-5-21-20(22-12-9-13-25-15-14-24-4)23-16-19(17(2)3)18-10-7-6-8-11-18;/h6-8,10-11,17,19H,5,9,12-16H2,1-4H3,(H2,21,22,23);1H. The van der Waals surface area contributed by atoms with E-state index in [-0.39, 0.29) is 24.0 Å². The molecule has 1 aromatic carbocycles. The molecule has 0 aliphatic rings. The molecule has 0 aromatic heterocycles. The highest BCUT2D eigenvalue weighted by Gasteiger charge is 2.15. The zero-order chi connectivity index (χ0) is 18.3. The third-order valence-corrected chi connectivity index (χ3v) is 4.01. The second-order valence-electron chi connectivity index (χ2n) is 6.37. The van der Waals surface area contributed by atoms with Crippen LogP contribution in [0.3, 0.4) is 0 Å². The van der Waals surface area contributed by atoms with Gasteiger partial charge in [-0.2, -0.15) is 0 Å². The fourth-order valence-corrected chi connectivity index (χ4v) is 2.56. The van der Waals surface area contributed by atoms with Crippen molar-refractivity contribution in [2.75, 3.05) is 46.6 Å². The van der Waals surface area contributed by atoms with Gasteiger partial charge in [-0.25, -0.2) is 0 Å². The van der Waals surface area contributed by atoms with Gasteiger partial charge in [-0.15, -0.1) is 24.0 Å². The fourth-order valence-electron chi connectivity index (χ4n) is 2.56. The smallest absolute Gasteiger partial charge is 0.191 e. The minimum atomic E-state index is 0. The van der Waals surface area contributed by atoms with Crippen LogP contribution in [0.15, 0.2) is 35.3 Å². The summed E-state index contributed by atoms with van der Waals surface area (Å²) in [5.74, 6) is 1.85. The van der Waals surface area contributed by atoms with Gasteiger partial charge in [0.1, 0.15) is 0 Å². The molecule has 150 valence electrons. The Balaban J connectivity index is 0.00000625. The zero-order valence-corrected chi connectivity index (χ0v) is 19.0. The summed E-state index contributed by atoms with van der Waals surface area (Å²) in [5, 5.41) is 6.70. The van der Waals surface area contributed by atoms with E-state index < -0.39 is 0 Å². The van der Waals surface area contributed by atoms with Crippen molar-refractivity contribution in [3.05, 3.63) is 35.9 Å². The first kappa shape index (κ1) is 25.1. The molecule has 0 heterocycles. The molecule has 0 amide bonds. The quantitative estimate of drug-likeness (QED) is 0.209. The summed E-state index contributed by atoms with van der Waals surface area (Å²) in [6, 6.07) is 10.6. The Kier molecular flexibility index (Phi) is 15.8. The van der Waals surface area contributed by atoms with Crippen LogP contribution in [0.4, 0.5) is 0 Å². The van der Waals surface area contributed by atoms with E-state index in [1.54, 1.807) is 7.11 Å². The topological polar surface area (TPSA) is 54.9 Å². The summed E-state index contributed by atoms with van der Waals surface area (Å²) in [4.78, 5) is 4.79. The van der Waals surface area contributed by atoms with Crippen LogP contribution in [-0.2, 0) is 9.47 Å². The van der Waals surface area contributed by atoms with E-state index in [2.05, 4.69) is 61.7 Å². The van der Waals surface area contributed by atoms with Crippen LogP contribution >= 0.6 is 24.0 Å². The van der Waals surface area contributed by atoms with Gasteiger partial charge in [0.2, 0.25) is 0 Å². The minimum Gasteiger partial charge on any atom is -0.382 e. The highest BCUT2D eigenvalue weighted by atomic mass is 127. The van der Waals surface area contributed by atoms with Crippen LogP contribution in [0, 0.1) is 5.92 Å². The van der Waals surface area contributed by atoms with Crippen LogP contribution < -0.4 is 10.6 Å². The first-order valence-corrected chi connectivity index (χ1v) is 9.32. The molecule has 6 heteroatoms. The lowest BCUT2D eigenvalue weighted by Gasteiger charge is -2.20. The van der Waals surface area contributed by atoms with E-state index in [1.165, 1.54) is 5.56 Å². The molecule has 0 bridgehead atoms. The maximum atomic E-state index is 5.48. The summed E-state index contributed by atoms with van der Waals surface area (Å²) in [5.41, 5.74) is 1.35. The number of methoxy groups -OCH3 is 1. The van der Waals surface area contributed by atoms with E-state index >= 15 is 0 Å². The van der Waals surface area contributed by atoms with Gasteiger partial charge in [0, 0.05) is 39.3 Å². The predicted molar refractivity (Wildman–Crippen MR) is 121 cm³/mol. The molecule has 1 rings (SSSR count). The van der Waals surface area contributed by atoms with Crippen molar-refractivity contribution in [3.8, 4) is 0 Å². The number of nitrogens with one attached hydrogen (secondary N) is 2. The van der Waals surface area contributed by atoms with Crippen molar-refractivity contribution in [3.63, 3.8) is 0 Å². The van der Waals surface area contributed by atoms with E-state index in [0.29, 0.717) is 25.0 Å². The maximum Gasteiger partial charge on any atom is 0.191 e. The van der Waals surface area contributed by atoms with E-state index in [4.69, 9.17) is 14.5 Å². The molecule has 0 aliphatic carbocycles. The molecule has 0 aliphatic heterocycles. The van der Waals surface area contributed by atoms with Crippen molar-refractivity contribution >= 4 is 29.9 Å². The fraction of sp³-hybridized carbons (Fsp3) is 0.650. The lowest BCUT2D eigenvalue weighted by atomic mass is 9.88. The molecule has 1 aromatic rings. The Morgan fingerprint density at radius 2 is 1.81 bits per heavy atom. The largest absolute Gasteiger partial charge is 0.382 e. The highest BCUT2D eigenvalue weighted by Crippen LogP contribution is 2.24. The molecule has 1 unspecified atom stereocenters. The Morgan fingerprint density at radius 1 is 1.08 bits per heavy atom. The van der Waals surface area contributed by atoms with E-state index in [1.807, 2.05) is 0 Å². The van der Waals surface area contributed by atoms with Crippen LogP contribution in [0.25, 0.3) is 0 Å². The van der Waals surface area contributed by atoms with Crippen LogP contribution in [0.1, 0.15) is 38.7 Å². The third kappa shape index (κ3) is 11.0. The van der Waals surface area contributed by atoms with Crippen molar-refractivity contribution in [1.82, 2.24) is 10.6 Å². The SMILES string of the molecule is CCNC(=NCC(c1ccccc1)C(C)C)NCCCOCCOC.I. The minimum absolute atomic E-state index is 0. The summed E-state index contributed by atoms with van der Waals surface area (Å²) in [7, 11) is 1.68. The van der Waals surface area contributed by atoms with Gasteiger partial charge in [-0.3, -0.25) is 4.99 Å². The summed E-state index contributed by atoms with van der Waals surface area (Å²) in [6.45, 7) is 11.1. The number of hydrogen-bond acceptors (Lipinski definition) is 3. The van der Waals surface area contributed by atoms with Gasteiger partial charge in [0.25, 0.3) is 0 Å². The Morgan fingerprint density at radius 3 is 2.42 bits per heavy atom. The average molecular weight is 477 g/mol. The van der Waals surface area contributed by atoms with Crippen LogP contribution in [-0.4, -0.2) is 52.5 Å². The van der Waals surface area contributed by atoms with Crippen LogP contribution in [0.2, 0.25) is 0 Å². The molecule has 0 saturated carbocycles. The van der Waals surface area contributed by atoms with Crippen molar-refractivity contribution in [2.45, 2.75) is 33.1 Å². The maximum absolute atomic E-state index is 5.48. The van der Waals surface area contributed by atoms with E-state index in [9.17, 15) is 0 Å². The van der Waals surface area contributed by atoms with Gasteiger partial charge in [-0.1, -0.05) is 44.2 Å². The first-order valence-electron chi connectivity index (χ1n) is 9.32. The molecule has 26 heavy (non-hydrogen) atoms. The van der Waals surface area contributed by atoms with Crippen molar-refractivity contribution in [1.29, 1.82) is 0 Å². The second-order valence-corrected chi connectivity index (χ2v) is 6.37. The normalized spacial score (nSPS) is 12.6. The molecule has 1 atom stereocenters. The third-order valence-electron chi connectivity index (χ3n) is 4.01. The van der Waals surface area contributed by atoms with Gasteiger partial charge < -0.3 is 20.1 Å². The molecule has 0 radical (unpaired) electrons. The lowest BCUT2D eigenvalue weighted by Crippen LogP contribution is -2.38. The zero-order valence-electron chi connectivity index (χ0n) is 16.7. The Labute approximate surface area is 176 Å². The number of guanidine groups is 1. The Hall–Kier alpha value is -0.860. The van der Waals surface area contributed by atoms with Gasteiger partial charge in [0.05, 0.1) is 13.2 Å². The number of aliphatic imine (C=N–C) groups is 1. The average Bonchev–Trinajstić information content (AvgIpc) is 2.61. The van der Waals surface area contributed by atoms with Gasteiger partial charge >= 0.3 is 0 Å². The number of ether oxygens (including phenoxy) is 2. The predicted octanol–water partition coefficient (Wildman–Crippen LogP) is 3.65. The second kappa shape index (κ2) is 16.3. The molecule has 2 N–H and O–H groups in total. The summed E-state index contributed by atoms with van der Waals surface area (Å²) in [6.07, 6.45) is 0.945. The van der Waals surface area contributed by atoms with Gasteiger partial charge in [-0.05, 0) is 24.8 Å². The van der Waals surface area contributed by atoms with Gasteiger partial charge in [0.15, 0.2) is 5.96 Å². The van der Waals surface area contributed by atoms with Crippen molar-refractivity contribution in [2.24, 2.45) is 10.9 Å². The number of nitrogens with zero attached hydrogens (tertiary/aromatic N) is 1. The summed E-state index contributed by atoms with van der Waals surface area (Å²) >= 11 is 0. The number of rotatable bonds is 12. The highest BCUT2D eigenvalue weighted by molar-refractivity contribution is 14.0. The van der Waals surface area contributed by atoms with Crippen molar-refractivity contribution < 1.29 is 9.47 Å². The number of hydrogen-bond donors (Lipinski definition) is 2. The molecular formula is C20H36IN3O2. The lowest BCUT2D eigenvalue weighted by molar-refractivity contribution is 0.0698. The molecule has 0 spiro atoms. The first-order chi connectivity index (χ1) is 12.2. The molecule has 0 saturated heterocycles.